The predicted octanol–water partition coefficient (Wildman–Crippen LogP) is 6.39. The Morgan fingerprint density at radius 1 is 1.10 bits per heavy atom. The molecule has 0 unspecified atom stereocenters. The Morgan fingerprint density at radius 2 is 1.77 bits per heavy atom. The third-order valence-electron chi connectivity index (χ3n) is 6.39. The molecule has 5 heteroatoms. The third kappa shape index (κ3) is 6.22. The highest BCUT2D eigenvalue weighted by Gasteiger charge is 2.30. The van der Waals surface area contributed by atoms with Gasteiger partial charge in [-0.25, -0.2) is 4.39 Å². The normalized spacial score (nSPS) is 19.1. The van der Waals surface area contributed by atoms with Crippen LogP contribution in [-0.2, 0) is 4.79 Å². The maximum Gasteiger partial charge on any atom is 0.305 e. The summed E-state index contributed by atoms with van der Waals surface area (Å²) < 4.78 is 20.6. The van der Waals surface area contributed by atoms with Gasteiger partial charge in [0.15, 0.2) is 0 Å². The van der Waals surface area contributed by atoms with Crippen molar-refractivity contribution in [1.82, 2.24) is 0 Å². The van der Waals surface area contributed by atoms with E-state index < -0.39 is 5.97 Å². The number of nitrogens with zero attached hydrogens (tertiary/aromatic N) is 1. The third-order valence-corrected chi connectivity index (χ3v) is 6.39. The summed E-state index contributed by atoms with van der Waals surface area (Å²) in [5, 5.41) is 8.90. The summed E-state index contributed by atoms with van der Waals surface area (Å²) in [6, 6.07) is 12.9. The first-order valence-electron chi connectivity index (χ1n) is 11.1. The number of hydrogen-bond donors (Lipinski definition) is 1. The number of benzene rings is 2. The van der Waals surface area contributed by atoms with E-state index >= 15 is 0 Å². The van der Waals surface area contributed by atoms with Gasteiger partial charge in [-0.15, -0.1) is 0 Å². The van der Waals surface area contributed by atoms with Crippen molar-refractivity contribution in [2.75, 3.05) is 18.5 Å². The zero-order valence-electron chi connectivity index (χ0n) is 19.0. The molecule has 1 aliphatic carbocycles. The second-order valence-electron chi connectivity index (χ2n) is 9.72. The van der Waals surface area contributed by atoms with Crippen LogP contribution < -0.4 is 9.64 Å². The van der Waals surface area contributed by atoms with Gasteiger partial charge in [-0.1, -0.05) is 39.0 Å². The largest absolute Gasteiger partial charge is 0.490 e. The van der Waals surface area contributed by atoms with Crippen LogP contribution in [0.5, 0.6) is 5.75 Å². The molecular formula is C26H34FNO3. The standard InChI is InChI=1S/C26H34FNO3/c1-26(2,3)20-9-11-21(12-10-20)31-22-7-5-6-18(16-22)19-8-13-23(27)24(17-19)28(4)15-14-25(29)30/h5-8,13,16-17,20-21H,9-12,14-15H2,1-4H3,(H,29,30)/t20-,21-. The van der Waals surface area contributed by atoms with Gasteiger partial charge in [-0.05, 0) is 72.4 Å². The molecule has 0 aromatic heterocycles. The van der Waals surface area contributed by atoms with Gasteiger partial charge < -0.3 is 14.7 Å². The molecule has 0 saturated heterocycles. The van der Waals surface area contributed by atoms with Crippen LogP contribution in [0.15, 0.2) is 42.5 Å². The Hall–Kier alpha value is -2.56. The highest BCUT2D eigenvalue weighted by molar-refractivity contribution is 5.71. The lowest BCUT2D eigenvalue weighted by Gasteiger charge is -2.37. The molecule has 0 spiro atoms. The Bertz CT molecular complexity index is 898. The van der Waals surface area contributed by atoms with Crippen molar-refractivity contribution in [1.29, 1.82) is 0 Å². The fourth-order valence-corrected chi connectivity index (χ4v) is 4.36. The van der Waals surface area contributed by atoms with Crippen LogP contribution in [0.1, 0.15) is 52.9 Å². The summed E-state index contributed by atoms with van der Waals surface area (Å²) in [6.07, 6.45) is 4.72. The maximum atomic E-state index is 14.4. The number of carboxylic acids is 1. The van der Waals surface area contributed by atoms with Crippen LogP contribution in [0.3, 0.4) is 0 Å². The zero-order valence-corrected chi connectivity index (χ0v) is 19.0. The van der Waals surface area contributed by atoms with E-state index in [4.69, 9.17) is 9.84 Å². The highest BCUT2D eigenvalue weighted by atomic mass is 19.1. The van der Waals surface area contributed by atoms with E-state index in [0.717, 1.165) is 35.6 Å². The molecule has 168 valence electrons. The van der Waals surface area contributed by atoms with Gasteiger partial charge in [-0.3, -0.25) is 4.79 Å². The SMILES string of the molecule is CN(CCC(=O)O)c1cc(-c2cccc(O[C@H]3CC[C@H](C(C)(C)C)CC3)c2)ccc1F. The van der Waals surface area contributed by atoms with Crippen molar-refractivity contribution in [3.05, 3.63) is 48.3 Å². The van der Waals surface area contributed by atoms with E-state index in [0.29, 0.717) is 11.1 Å². The van der Waals surface area contributed by atoms with Crippen molar-refractivity contribution in [2.45, 2.75) is 59.0 Å². The Balaban J connectivity index is 1.70. The number of carboxylic acid groups (broad SMARTS) is 1. The van der Waals surface area contributed by atoms with Crippen molar-refractivity contribution in [2.24, 2.45) is 11.3 Å². The van der Waals surface area contributed by atoms with Crippen LogP contribution in [0.25, 0.3) is 11.1 Å². The van der Waals surface area contributed by atoms with E-state index in [1.807, 2.05) is 24.3 Å². The molecule has 0 heterocycles. The summed E-state index contributed by atoms with van der Waals surface area (Å²) in [5.74, 6) is 0.320. The first kappa shape index (κ1) is 23.1. The van der Waals surface area contributed by atoms with Crippen LogP contribution in [0.2, 0.25) is 0 Å². The van der Waals surface area contributed by atoms with Crippen LogP contribution >= 0.6 is 0 Å². The quantitative estimate of drug-likeness (QED) is 0.556. The Kier molecular flexibility index (Phi) is 7.24. The number of rotatable bonds is 7. The van der Waals surface area contributed by atoms with Crippen LogP contribution in [0, 0.1) is 17.2 Å². The van der Waals surface area contributed by atoms with Gasteiger partial charge in [0.05, 0.1) is 18.2 Å². The molecule has 2 aromatic carbocycles. The lowest BCUT2D eigenvalue weighted by molar-refractivity contribution is -0.136. The number of ether oxygens (including phenoxy) is 1. The Labute approximate surface area is 185 Å². The molecule has 0 aliphatic heterocycles. The zero-order chi connectivity index (χ0) is 22.6. The van der Waals surface area contributed by atoms with E-state index in [2.05, 4.69) is 20.8 Å². The van der Waals surface area contributed by atoms with Crippen molar-refractivity contribution >= 4 is 11.7 Å². The minimum atomic E-state index is -0.898. The smallest absolute Gasteiger partial charge is 0.305 e. The van der Waals surface area contributed by atoms with Gasteiger partial charge in [0.25, 0.3) is 0 Å². The minimum absolute atomic E-state index is 0.0407. The van der Waals surface area contributed by atoms with Crippen LogP contribution in [0.4, 0.5) is 10.1 Å². The van der Waals surface area contributed by atoms with Gasteiger partial charge in [0, 0.05) is 13.6 Å². The average molecular weight is 428 g/mol. The number of carbonyl (C=O) groups is 1. The summed E-state index contributed by atoms with van der Waals surface area (Å²) in [4.78, 5) is 12.5. The second-order valence-corrected chi connectivity index (χ2v) is 9.72. The molecule has 0 atom stereocenters. The first-order chi connectivity index (χ1) is 14.6. The molecule has 31 heavy (non-hydrogen) atoms. The fraction of sp³-hybridized carbons (Fsp3) is 0.500. The molecule has 0 radical (unpaired) electrons. The lowest BCUT2D eigenvalue weighted by Crippen LogP contribution is -2.30. The van der Waals surface area contributed by atoms with Gasteiger partial charge in [0.1, 0.15) is 11.6 Å². The molecular weight excluding hydrogens is 393 g/mol. The van der Waals surface area contributed by atoms with Crippen molar-refractivity contribution < 1.29 is 19.0 Å². The number of aliphatic carboxylic acids is 1. The average Bonchev–Trinajstić information content (AvgIpc) is 2.72. The number of halogens is 1. The molecule has 3 rings (SSSR count). The monoisotopic (exact) mass is 427 g/mol. The fourth-order valence-electron chi connectivity index (χ4n) is 4.36. The van der Waals surface area contributed by atoms with Crippen molar-refractivity contribution in [3.8, 4) is 16.9 Å². The second kappa shape index (κ2) is 9.71. The van der Waals surface area contributed by atoms with Crippen molar-refractivity contribution in [3.63, 3.8) is 0 Å². The Morgan fingerprint density at radius 3 is 2.42 bits per heavy atom. The van der Waals surface area contributed by atoms with E-state index in [9.17, 15) is 9.18 Å². The van der Waals surface area contributed by atoms with Gasteiger partial charge >= 0.3 is 5.97 Å². The van der Waals surface area contributed by atoms with Gasteiger partial charge in [-0.2, -0.15) is 0 Å². The van der Waals surface area contributed by atoms with E-state index in [1.165, 1.54) is 18.9 Å². The van der Waals surface area contributed by atoms with Crippen LogP contribution in [-0.4, -0.2) is 30.8 Å². The summed E-state index contributed by atoms with van der Waals surface area (Å²) in [5.41, 5.74) is 2.57. The van der Waals surface area contributed by atoms with E-state index in [-0.39, 0.29) is 24.9 Å². The number of hydrogen-bond acceptors (Lipinski definition) is 3. The molecule has 2 aromatic rings. The molecule has 0 amide bonds. The van der Waals surface area contributed by atoms with Gasteiger partial charge in [0.2, 0.25) is 0 Å². The topological polar surface area (TPSA) is 49.8 Å². The molecule has 4 nitrogen and oxygen atoms in total. The molecule has 1 aliphatic rings. The first-order valence-corrected chi connectivity index (χ1v) is 11.1. The molecule has 0 bridgehead atoms. The summed E-state index contributed by atoms with van der Waals surface area (Å²) in [7, 11) is 1.71. The summed E-state index contributed by atoms with van der Waals surface area (Å²) >= 11 is 0. The molecule has 1 saturated carbocycles. The predicted molar refractivity (Wildman–Crippen MR) is 123 cm³/mol. The lowest BCUT2D eigenvalue weighted by atomic mass is 9.72. The maximum absolute atomic E-state index is 14.4. The minimum Gasteiger partial charge on any atom is -0.490 e. The number of anilines is 1. The summed E-state index contributed by atoms with van der Waals surface area (Å²) in [6.45, 7) is 7.20. The van der Waals surface area contributed by atoms with E-state index in [1.54, 1.807) is 24.1 Å². The highest BCUT2D eigenvalue weighted by Crippen LogP contribution is 2.39. The molecule has 1 fully saturated rings. The molecule has 1 N–H and O–H groups in total.